The summed E-state index contributed by atoms with van der Waals surface area (Å²) in [6.45, 7) is 5.85. The van der Waals surface area contributed by atoms with Gasteiger partial charge in [-0.3, -0.25) is 4.79 Å². The van der Waals surface area contributed by atoms with Crippen molar-refractivity contribution in [1.29, 1.82) is 0 Å². The van der Waals surface area contributed by atoms with Crippen molar-refractivity contribution < 1.29 is 15.0 Å². The molecule has 106 valence electrons. The minimum Gasteiger partial charge on any atom is -0.480 e. The molecule has 1 aromatic carbocycles. The highest BCUT2D eigenvalue weighted by atomic mass is 16.4. The van der Waals surface area contributed by atoms with Gasteiger partial charge in [-0.25, -0.2) is 0 Å². The molecule has 0 saturated carbocycles. The Morgan fingerprint density at radius 3 is 2.37 bits per heavy atom. The largest absolute Gasteiger partial charge is 0.480 e. The van der Waals surface area contributed by atoms with Gasteiger partial charge in [-0.1, -0.05) is 44.2 Å². The predicted molar refractivity (Wildman–Crippen MR) is 74.9 cm³/mol. The molecule has 2 atom stereocenters. The second-order valence-corrected chi connectivity index (χ2v) is 5.54. The lowest BCUT2D eigenvalue weighted by atomic mass is 9.95. The van der Waals surface area contributed by atoms with Crippen LogP contribution in [0.2, 0.25) is 0 Å². The molecule has 4 heteroatoms. The summed E-state index contributed by atoms with van der Waals surface area (Å²) in [6.07, 6.45) is 0.542. The van der Waals surface area contributed by atoms with Gasteiger partial charge in [0.05, 0.1) is 5.60 Å². The molecule has 1 aromatic rings. The van der Waals surface area contributed by atoms with Gasteiger partial charge in [0, 0.05) is 6.54 Å². The van der Waals surface area contributed by atoms with Gasteiger partial charge >= 0.3 is 5.97 Å². The van der Waals surface area contributed by atoms with Crippen LogP contribution in [0.3, 0.4) is 0 Å². The highest BCUT2D eigenvalue weighted by molar-refractivity contribution is 5.73. The standard InChI is InChI=1S/C15H23NO3/c1-11(2)9-13(14(17)18)16-10-15(3,19)12-7-5-4-6-8-12/h4-8,11,13,16,19H,9-10H2,1-3H3,(H,17,18). The maximum Gasteiger partial charge on any atom is 0.320 e. The SMILES string of the molecule is CC(C)CC(NCC(C)(O)c1ccccc1)C(=O)O. The summed E-state index contributed by atoms with van der Waals surface area (Å²) in [5.74, 6) is -0.590. The highest BCUT2D eigenvalue weighted by Gasteiger charge is 2.26. The van der Waals surface area contributed by atoms with Crippen LogP contribution >= 0.6 is 0 Å². The van der Waals surface area contributed by atoms with Crippen molar-refractivity contribution in [3.63, 3.8) is 0 Å². The average Bonchev–Trinajstić information content (AvgIpc) is 2.35. The fraction of sp³-hybridized carbons (Fsp3) is 0.533. The Hall–Kier alpha value is -1.39. The van der Waals surface area contributed by atoms with Crippen molar-refractivity contribution in [2.45, 2.75) is 38.8 Å². The van der Waals surface area contributed by atoms with Crippen molar-refractivity contribution in [3.05, 3.63) is 35.9 Å². The lowest BCUT2D eigenvalue weighted by Gasteiger charge is -2.27. The van der Waals surface area contributed by atoms with Crippen molar-refractivity contribution in [1.82, 2.24) is 5.32 Å². The minimum absolute atomic E-state index is 0.209. The van der Waals surface area contributed by atoms with Gasteiger partial charge in [-0.2, -0.15) is 0 Å². The topological polar surface area (TPSA) is 69.6 Å². The van der Waals surface area contributed by atoms with E-state index in [0.717, 1.165) is 5.56 Å². The number of hydrogen-bond acceptors (Lipinski definition) is 3. The van der Waals surface area contributed by atoms with Crippen LogP contribution in [0, 0.1) is 5.92 Å². The Kier molecular flexibility index (Phi) is 5.51. The van der Waals surface area contributed by atoms with Gasteiger partial charge in [-0.15, -0.1) is 0 Å². The minimum atomic E-state index is -1.08. The smallest absolute Gasteiger partial charge is 0.320 e. The molecule has 0 aliphatic heterocycles. The summed E-state index contributed by atoms with van der Waals surface area (Å²) in [6, 6.07) is 8.63. The van der Waals surface area contributed by atoms with Gasteiger partial charge in [0.15, 0.2) is 0 Å². The first-order valence-corrected chi connectivity index (χ1v) is 6.57. The highest BCUT2D eigenvalue weighted by Crippen LogP contribution is 2.19. The number of hydrogen-bond donors (Lipinski definition) is 3. The maximum atomic E-state index is 11.1. The van der Waals surface area contributed by atoms with E-state index in [1.165, 1.54) is 0 Å². The normalized spacial score (nSPS) is 16.1. The molecule has 0 fully saturated rings. The molecule has 19 heavy (non-hydrogen) atoms. The monoisotopic (exact) mass is 265 g/mol. The molecule has 0 bridgehead atoms. The fourth-order valence-corrected chi connectivity index (χ4v) is 1.96. The Bertz CT molecular complexity index is 401. The van der Waals surface area contributed by atoms with Gasteiger partial charge in [0.25, 0.3) is 0 Å². The summed E-state index contributed by atoms with van der Waals surface area (Å²) >= 11 is 0. The molecule has 0 spiro atoms. The van der Waals surface area contributed by atoms with E-state index in [0.29, 0.717) is 6.42 Å². The molecule has 0 radical (unpaired) electrons. The molecular formula is C15H23NO3. The zero-order chi connectivity index (χ0) is 14.5. The Morgan fingerprint density at radius 1 is 1.32 bits per heavy atom. The van der Waals surface area contributed by atoms with Crippen LogP contribution in [0.25, 0.3) is 0 Å². The Labute approximate surface area is 114 Å². The lowest BCUT2D eigenvalue weighted by molar-refractivity contribution is -0.140. The van der Waals surface area contributed by atoms with E-state index in [2.05, 4.69) is 5.32 Å². The zero-order valence-corrected chi connectivity index (χ0v) is 11.8. The van der Waals surface area contributed by atoms with E-state index in [1.807, 2.05) is 44.2 Å². The summed E-state index contributed by atoms with van der Waals surface area (Å²) in [4.78, 5) is 11.1. The zero-order valence-electron chi connectivity index (χ0n) is 11.8. The number of rotatable bonds is 7. The van der Waals surface area contributed by atoms with Gasteiger partial charge in [-0.05, 0) is 24.8 Å². The molecule has 0 heterocycles. The average molecular weight is 265 g/mol. The number of aliphatic hydroxyl groups is 1. The van der Waals surface area contributed by atoms with Crippen LogP contribution < -0.4 is 5.32 Å². The summed E-state index contributed by atoms with van der Waals surface area (Å²) in [7, 11) is 0. The molecule has 0 aliphatic rings. The molecule has 4 nitrogen and oxygen atoms in total. The predicted octanol–water partition coefficient (Wildman–Crippen LogP) is 1.98. The number of carbonyl (C=O) groups is 1. The van der Waals surface area contributed by atoms with Crippen LogP contribution in [0.4, 0.5) is 0 Å². The van der Waals surface area contributed by atoms with Gasteiger partial charge in [0.1, 0.15) is 6.04 Å². The van der Waals surface area contributed by atoms with E-state index in [9.17, 15) is 9.90 Å². The molecule has 0 amide bonds. The molecule has 0 aliphatic carbocycles. The van der Waals surface area contributed by atoms with Crippen molar-refractivity contribution in [3.8, 4) is 0 Å². The number of aliphatic carboxylic acids is 1. The molecule has 2 unspecified atom stereocenters. The molecular weight excluding hydrogens is 242 g/mol. The number of carboxylic acid groups (broad SMARTS) is 1. The van der Waals surface area contributed by atoms with E-state index in [1.54, 1.807) is 6.92 Å². The van der Waals surface area contributed by atoms with Crippen LogP contribution in [-0.2, 0) is 10.4 Å². The molecule has 0 aromatic heterocycles. The lowest BCUT2D eigenvalue weighted by Crippen LogP contribution is -2.45. The van der Waals surface area contributed by atoms with E-state index in [4.69, 9.17) is 5.11 Å². The number of nitrogens with one attached hydrogen (secondary N) is 1. The maximum absolute atomic E-state index is 11.1. The van der Waals surface area contributed by atoms with Crippen LogP contribution in [0.1, 0.15) is 32.8 Å². The third-order valence-corrected chi connectivity index (χ3v) is 3.09. The summed E-state index contributed by atoms with van der Waals surface area (Å²) < 4.78 is 0. The second kappa shape index (κ2) is 6.68. The molecule has 1 rings (SSSR count). The first-order chi connectivity index (χ1) is 8.83. The Balaban J connectivity index is 2.65. The van der Waals surface area contributed by atoms with Crippen molar-refractivity contribution in [2.75, 3.05) is 6.54 Å². The van der Waals surface area contributed by atoms with Gasteiger partial charge < -0.3 is 15.5 Å². The van der Waals surface area contributed by atoms with Crippen molar-refractivity contribution >= 4 is 5.97 Å². The first kappa shape index (κ1) is 15.7. The van der Waals surface area contributed by atoms with Crippen LogP contribution in [0.15, 0.2) is 30.3 Å². The summed E-state index contributed by atoms with van der Waals surface area (Å²) in [5.41, 5.74) is -0.303. The summed E-state index contributed by atoms with van der Waals surface area (Å²) in [5, 5.41) is 22.5. The third-order valence-electron chi connectivity index (χ3n) is 3.09. The molecule has 3 N–H and O–H groups in total. The van der Waals surface area contributed by atoms with E-state index < -0.39 is 17.6 Å². The molecule has 0 saturated heterocycles. The first-order valence-electron chi connectivity index (χ1n) is 6.57. The van der Waals surface area contributed by atoms with Crippen molar-refractivity contribution in [2.24, 2.45) is 5.92 Å². The number of benzene rings is 1. The van der Waals surface area contributed by atoms with Crippen LogP contribution in [-0.4, -0.2) is 28.8 Å². The fourth-order valence-electron chi connectivity index (χ4n) is 1.96. The van der Waals surface area contributed by atoms with Crippen LogP contribution in [0.5, 0.6) is 0 Å². The quantitative estimate of drug-likeness (QED) is 0.705. The van der Waals surface area contributed by atoms with Gasteiger partial charge in [0.2, 0.25) is 0 Å². The van der Waals surface area contributed by atoms with E-state index in [-0.39, 0.29) is 12.5 Å². The third kappa shape index (κ3) is 5.01. The number of carboxylic acids is 1. The van der Waals surface area contributed by atoms with E-state index >= 15 is 0 Å². The second-order valence-electron chi connectivity index (χ2n) is 5.54. The Morgan fingerprint density at radius 2 is 1.89 bits per heavy atom.